The van der Waals surface area contributed by atoms with Crippen molar-refractivity contribution in [3.63, 3.8) is 0 Å². The van der Waals surface area contributed by atoms with Gasteiger partial charge >= 0.3 is 5.97 Å². The Morgan fingerprint density at radius 2 is 2.10 bits per heavy atom. The molecule has 21 heavy (non-hydrogen) atoms. The van der Waals surface area contributed by atoms with Crippen LogP contribution in [0.5, 0.6) is 0 Å². The second kappa shape index (κ2) is 7.61. The molecule has 0 aliphatic rings. The van der Waals surface area contributed by atoms with Crippen LogP contribution >= 0.6 is 11.8 Å². The molecule has 0 N–H and O–H groups in total. The number of hydrogen-bond acceptors (Lipinski definition) is 4. The average molecular weight is 315 g/mol. The van der Waals surface area contributed by atoms with Gasteiger partial charge in [0, 0.05) is 15.9 Å². The van der Waals surface area contributed by atoms with E-state index >= 15 is 0 Å². The van der Waals surface area contributed by atoms with Crippen LogP contribution in [0.2, 0.25) is 0 Å². The number of rotatable bonds is 5. The number of esters is 1. The maximum atomic E-state index is 13.7. The Morgan fingerprint density at radius 3 is 2.67 bits per heavy atom. The van der Waals surface area contributed by atoms with Gasteiger partial charge in [-0.25, -0.2) is 8.78 Å². The summed E-state index contributed by atoms with van der Waals surface area (Å²) in [5.74, 6) is -3.79. The van der Waals surface area contributed by atoms with Gasteiger partial charge in [-0.05, 0) is 30.6 Å². The normalized spacial score (nSPS) is 11.4. The van der Waals surface area contributed by atoms with Gasteiger partial charge in [0.1, 0.15) is 16.9 Å². The molecule has 0 aliphatic heterocycles. The molecule has 9 heteroatoms. The van der Waals surface area contributed by atoms with Crippen LogP contribution in [0.25, 0.3) is 10.4 Å². The molecule has 0 aliphatic carbocycles. The average Bonchev–Trinajstić information content (AvgIpc) is 2.42. The fourth-order valence-corrected chi connectivity index (χ4v) is 2.28. The Labute approximate surface area is 123 Å². The van der Waals surface area contributed by atoms with E-state index in [9.17, 15) is 18.4 Å². The largest absolute Gasteiger partial charge is 0.465 e. The molecule has 6 nitrogen and oxygen atoms in total. The minimum Gasteiger partial charge on any atom is -0.465 e. The molecule has 1 aromatic rings. The van der Waals surface area contributed by atoms with Crippen molar-refractivity contribution in [2.75, 3.05) is 6.61 Å². The molecule has 0 spiro atoms. The van der Waals surface area contributed by atoms with Crippen LogP contribution in [0, 0.1) is 11.6 Å². The third kappa shape index (κ3) is 4.44. The molecule has 1 rings (SSSR count). The van der Waals surface area contributed by atoms with Crippen molar-refractivity contribution in [3.8, 4) is 0 Å². The topological polar surface area (TPSA) is 92.1 Å². The smallest absolute Gasteiger partial charge is 0.319 e. The molecular weight excluding hydrogens is 304 g/mol. The summed E-state index contributed by atoms with van der Waals surface area (Å²) in [5.41, 5.74) is 7.60. The van der Waals surface area contributed by atoms with E-state index in [1.54, 1.807) is 6.92 Å². The van der Waals surface area contributed by atoms with E-state index < -0.39 is 34.3 Å². The van der Waals surface area contributed by atoms with Gasteiger partial charge in [0.2, 0.25) is 0 Å². The zero-order valence-electron chi connectivity index (χ0n) is 11.2. The van der Waals surface area contributed by atoms with Crippen molar-refractivity contribution < 1.29 is 23.1 Å². The molecule has 0 saturated heterocycles. The van der Waals surface area contributed by atoms with Crippen molar-refractivity contribution in [3.05, 3.63) is 39.8 Å². The summed E-state index contributed by atoms with van der Waals surface area (Å²) in [6.45, 7) is 3.29. The minimum absolute atomic E-state index is 0.117. The molecule has 1 atom stereocenters. The van der Waals surface area contributed by atoms with E-state index in [0.717, 1.165) is 17.8 Å². The highest BCUT2D eigenvalue weighted by Gasteiger charge is 2.21. The van der Waals surface area contributed by atoms with Crippen LogP contribution in [-0.2, 0) is 9.53 Å². The Hall–Kier alpha value is -2.12. The third-order valence-corrected chi connectivity index (χ3v) is 3.42. The highest BCUT2D eigenvalue weighted by Crippen LogP contribution is 2.29. The summed E-state index contributed by atoms with van der Waals surface area (Å²) in [7, 11) is 0. The van der Waals surface area contributed by atoms with Crippen LogP contribution in [0.4, 0.5) is 8.78 Å². The number of halogens is 2. The van der Waals surface area contributed by atoms with Crippen molar-refractivity contribution in [2.45, 2.75) is 24.0 Å². The van der Waals surface area contributed by atoms with Gasteiger partial charge in [0.25, 0.3) is 5.91 Å². The quantitative estimate of drug-likeness (QED) is 0.273. The first-order valence-corrected chi connectivity index (χ1v) is 6.70. The second-order valence-electron chi connectivity index (χ2n) is 3.77. The number of hydrogen-bond donors (Lipinski definition) is 0. The SMILES string of the molecule is CCOC(=O)C(C)Sc1cc(C(=O)N=[N+]=[N-])c(F)cc1F. The number of azide groups is 1. The first-order valence-electron chi connectivity index (χ1n) is 5.82. The fourth-order valence-electron chi connectivity index (χ4n) is 1.38. The van der Waals surface area contributed by atoms with Gasteiger partial charge in [-0.3, -0.25) is 9.59 Å². The van der Waals surface area contributed by atoms with Crippen LogP contribution < -0.4 is 0 Å². The predicted molar refractivity (Wildman–Crippen MR) is 71.8 cm³/mol. The number of nitrogens with zero attached hydrogens (tertiary/aromatic N) is 3. The monoisotopic (exact) mass is 315 g/mol. The van der Waals surface area contributed by atoms with Crippen LogP contribution in [0.3, 0.4) is 0 Å². The number of benzene rings is 1. The highest BCUT2D eigenvalue weighted by atomic mass is 32.2. The van der Waals surface area contributed by atoms with Crippen molar-refractivity contribution in [1.29, 1.82) is 0 Å². The number of ether oxygens (including phenoxy) is 1. The van der Waals surface area contributed by atoms with Gasteiger partial charge in [0.05, 0.1) is 12.2 Å². The Kier molecular flexibility index (Phi) is 6.13. The summed E-state index contributed by atoms with van der Waals surface area (Å²) in [6, 6.07) is 1.41. The lowest BCUT2D eigenvalue weighted by Gasteiger charge is -2.11. The van der Waals surface area contributed by atoms with E-state index in [-0.39, 0.29) is 11.5 Å². The first kappa shape index (κ1) is 16.9. The van der Waals surface area contributed by atoms with Gasteiger partial charge in [-0.2, -0.15) is 0 Å². The molecule has 0 aromatic heterocycles. The van der Waals surface area contributed by atoms with E-state index in [1.165, 1.54) is 6.92 Å². The highest BCUT2D eigenvalue weighted by molar-refractivity contribution is 8.00. The van der Waals surface area contributed by atoms with Crippen LogP contribution in [0.15, 0.2) is 22.1 Å². The summed E-state index contributed by atoms with van der Waals surface area (Å²) < 4.78 is 31.9. The van der Waals surface area contributed by atoms with Gasteiger partial charge in [-0.15, -0.1) is 11.8 Å². The first-order chi connectivity index (χ1) is 9.90. The molecule has 0 saturated carbocycles. The predicted octanol–water partition coefficient (Wildman–Crippen LogP) is 3.46. The zero-order chi connectivity index (χ0) is 16.0. The van der Waals surface area contributed by atoms with Gasteiger partial charge < -0.3 is 4.74 Å². The maximum Gasteiger partial charge on any atom is 0.319 e. The lowest BCUT2D eigenvalue weighted by atomic mass is 10.2. The van der Waals surface area contributed by atoms with Crippen molar-refractivity contribution in [2.24, 2.45) is 5.11 Å². The number of thioether (sulfide) groups is 1. The maximum absolute atomic E-state index is 13.7. The van der Waals surface area contributed by atoms with Crippen LogP contribution in [0.1, 0.15) is 24.2 Å². The molecule has 112 valence electrons. The van der Waals surface area contributed by atoms with Gasteiger partial charge in [0.15, 0.2) is 0 Å². The van der Waals surface area contributed by atoms with Crippen LogP contribution in [-0.4, -0.2) is 23.7 Å². The molecule has 1 aromatic carbocycles. The Morgan fingerprint density at radius 1 is 1.43 bits per heavy atom. The Bertz CT molecular complexity index is 618. The molecular formula is C12H11F2N3O3S. The summed E-state index contributed by atoms with van der Waals surface area (Å²) in [6.07, 6.45) is 0. The van der Waals surface area contributed by atoms with E-state index in [0.29, 0.717) is 6.07 Å². The minimum atomic E-state index is -1.17. The lowest BCUT2D eigenvalue weighted by molar-refractivity contribution is -0.142. The number of amides is 1. The lowest BCUT2D eigenvalue weighted by Crippen LogP contribution is -2.17. The van der Waals surface area contributed by atoms with E-state index in [2.05, 4.69) is 10.0 Å². The van der Waals surface area contributed by atoms with Crippen molar-refractivity contribution >= 4 is 23.6 Å². The molecule has 0 fully saturated rings. The number of carbonyl (C=O) groups is 2. The third-order valence-electron chi connectivity index (χ3n) is 2.31. The zero-order valence-corrected chi connectivity index (χ0v) is 12.0. The van der Waals surface area contributed by atoms with Crippen molar-refractivity contribution in [1.82, 2.24) is 0 Å². The molecule has 0 bridgehead atoms. The fraction of sp³-hybridized carbons (Fsp3) is 0.333. The van der Waals surface area contributed by atoms with Gasteiger partial charge in [-0.1, -0.05) is 0 Å². The summed E-state index contributed by atoms with van der Waals surface area (Å²) in [4.78, 5) is 25.0. The van der Waals surface area contributed by atoms with E-state index in [4.69, 9.17) is 10.3 Å². The Balaban J connectivity index is 3.08. The molecule has 1 unspecified atom stereocenters. The molecule has 1 amide bonds. The van der Waals surface area contributed by atoms with E-state index in [1.807, 2.05) is 0 Å². The molecule has 0 heterocycles. The number of carbonyl (C=O) groups excluding carboxylic acids is 2. The summed E-state index contributed by atoms with van der Waals surface area (Å²) >= 11 is 0.773. The summed E-state index contributed by atoms with van der Waals surface area (Å²) in [5, 5.41) is 2.01. The molecule has 0 radical (unpaired) electrons. The second-order valence-corrected chi connectivity index (χ2v) is 5.15. The standard InChI is InChI=1S/C12H11F2N3O3S/c1-3-20-12(19)6(2)21-10-4-7(11(18)16-17-15)8(13)5-9(10)14/h4-6H,3H2,1-2H3.